The van der Waals surface area contributed by atoms with Crippen LogP contribution in [0.25, 0.3) is 0 Å². The Balaban J connectivity index is 1.69. The van der Waals surface area contributed by atoms with Crippen LogP contribution in [0, 0.1) is 6.92 Å². The zero-order valence-corrected chi connectivity index (χ0v) is 14.4. The summed E-state index contributed by atoms with van der Waals surface area (Å²) < 4.78 is 30.2. The van der Waals surface area contributed by atoms with E-state index in [1.54, 1.807) is 31.4 Å². The molecule has 0 spiro atoms. The fraction of sp³-hybridized carbons (Fsp3) is 0.278. The van der Waals surface area contributed by atoms with Gasteiger partial charge < -0.3 is 9.57 Å². The molecule has 5 nitrogen and oxygen atoms in total. The third-order valence-corrected chi connectivity index (χ3v) is 5.72. The van der Waals surface area contributed by atoms with Crippen LogP contribution in [0.5, 0.6) is 5.75 Å². The Morgan fingerprint density at radius 2 is 1.96 bits per heavy atom. The lowest BCUT2D eigenvalue weighted by Gasteiger charge is -2.09. The molecule has 1 atom stereocenters. The second-order valence-corrected chi connectivity index (χ2v) is 7.83. The third-order valence-electron chi connectivity index (χ3n) is 3.92. The molecule has 6 heteroatoms. The molecule has 0 N–H and O–H groups in total. The number of oxime groups is 1. The van der Waals surface area contributed by atoms with Crippen molar-refractivity contribution in [1.82, 2.24) is 0 Å². The summed E-state index contributed by atoms with van der Waals surface area (Å²) in [6.07, 6.45) is -0.0179. The standard InChI is InChI=1S/C18H19NO4S/c1-13-6-8-17(9-7-13)24(20,21)12-16-11-18(19-23-16)14-4-3-5-15(10-14)22-2/h3-10,16H,11-12H2,1-2H3. The number of hydrogen-bond donors (Lipinski definition) is 0. The van der Waals surface area contributed by atoms with E-state index >= 15 is 0 Å². The Morgan fingerprint density at radius 3 is 2.67 bits per heavy atom. The number of ether oxygens (including phenoxy) is 1. The van der Waals surface area contributed by atoms with Crippen molar-refractivity contribution < 1.29 is 18.0 Å². The molecule has 126 valence electrons. The molecule has 0 aliphatic carbocycles. The predicted octanol–water partition coefficient (Wildman–Crippen LogP) is 2.97. The van der Waals surface area contributed by atoms with Crippen molar-refractivity contribution in [1.29, 1.82) is 0 Å². The van der Waals surface area contributed by atoms with E-state index in [1.165, 1.54) is 0 Å². The summed E-state index contributed by atoms with van der Waals surface area (Å²) in [6.45, 7) is 1.92. The van der Waals surface area contributed by atoms with Crippen molar-refractivity contribution in [2.24, 2.45) is 5.16 Å². The largest absolute Gasteiger partial charge is 0.497 e. The van der Waals surface area contributed by atoms with Crippen molar-refractivity contribution >= 4 is 15.5 Å². The van der Waals surface area contributed by atoms with E-state index in [0.717, 1.165) is 22.6 Å². The zero-order chi connectivity index (χ0) is 17.2. The van der Waals surface area contributed by atoms with E-state index in [-0.39, 0.29) is 5.75 Å². The Hall–Kier alpha value is -2.34. The van der Waals surface area contributed by atoms with Crippen LogP contribution in [0.3, 0.4) is 0 Å². The van der Waals surface area contributed by atoms with E-state index in [1.807, 2.05) is 31.2 Å². The summed E-state index contributed by atoms with van der Waals surface area (Å²) in [5.41, 5.74) is 2.64. The molecule has 2 aromatic rings. The first-order valence-electron chi connectivity index (χ1n) is 7.64. The highest BCUT2D eigenvalue weighted by atomic mass is 32.2. The molecule has 0 amide bonds. The van der Waals surface area contributed by atoms with E-state index in [0.29, 0.717) is 11.3 Å². The van der Waals surface area contributed by atoms with E-state index < -0.39 is 15.9 Å². The van der Waals surface area contributed by atoms with Crippen LogP contribution < -0.4 is 4.74 Å². The number of nitrogens with zero attached hydrogens (tertiary/aromatic N) is 1. The molecule has 24 heavy (non-hydrogen) atoms. The quantitative estimate of drug-likeness (QED) is 0.836. The lowest BCUT2D eigenvalue weighted by molar-refractivity contribution is 0.102. The first-order valence-corrected chi connectivity index (χ1v) is 9.30. The molecule has 0 bridgehead atoms. The predicted molar refractivity (Wildman–Crippen MR) is 92.3 cm³/mol. The van der Waals surface area contributed by atoms with Crippen molar-refractivity contribution in [3.8, 4) is 5.75 Å². The molecule has 0 fully saturated rings. The van der Waals surface area contributed by atoms with Gasteiger partial charge in [0.1, 0.15) is 11.9 Å². The van der Waals surface area contributed by atoms with Crippen LogP contribution in [-0.2, 0) is 14.7 Å². The minimum absolute atomic E-state index is 0.0902. The van der Waals surface area contributed by atoms with Crippen LogP contribution in [0.1, 0.15) is 17.5 Å². The number of hydrogen-bond acceptors (Lipinski definition) is 5. The molecule has 0 aromatic heterocycles. The summed E-state index contributed by atoms with van der Waals surface area (Å²) in [7, 11) is -1.80. The van der Waals surface area contributed by atoms with Crippen LogP contribution >= 0.6 is 0 Å². The first kappa shape index (κ1) is 16.5. The highest BCUT2D eigenvalue weighted by molar-refractivity contribution is 7.91. The maximum absolute atomic E-state index is 12.5. The Kier molecular flexibility index (Phi) is 4.57. The molecule has 1 unspecified atom stereocenters. The fourth-order valence-electron chi connectivity index (χ4n) is 2.58. The normalized spacial score (nSPS) is 17.2. The minimum atomic E-state index is -3.40. The second-order valence-electron chi connectivity index (χ2n) is 5.80. The highest BCUT2D eigenvalue weighted by Crippen LogP contribution is 2.23. The van der Waals surface area contributed by atoms with Crippen molar-refractivity contribution in [3.05, 3.63) is 59.7 Å². The van der Waals surface area contributed by atoms with Gasteiger partial charge in [0.2, 0.25) is 0 Å². The molecular weight excluding hydrogens is 326 g/mol. The van der Waals surface area contributed by atoms with Gasteiger partial charge in [-0.3, -0.25) is 0 Å². The minimum Gasteiger partial charge on any atom is -0.497 e. The average molecular weight is 345 g/mol. The molecule has 1 aliphatic heterocycles. The van der Waals surface area contributed by atoms with Crippen molar-refractivity contribution in [3.63, 3.8) is 0 Å². The highest BCUT2D eigenvalue weighted by Gasteiger charge is 2.28. The van der Waals surface area contributed by atoms with Gasteiger partial charge in [-0.05, 0) is 31.2 Å². The molecular formula is C18H19NO4S. The van der Waals surface area contributed by atoms with Gasteiger partial charge in [0.05, 0.1) is 23.5 Å². The van der Waals surface area contributed by atoms with E-state index in [2.05, 4.69) is 5.16 Å². The van der Waals surface area contributed by atoms with Gasteiger partial charge in [-0.25, -0.2) is 8.42 Å². The van der Waals surface area contributed by atoms with Gasteiger partial charge >= 0.3 is 0 Å². The number of methoxy groups -OCH3 is 1. The average Bonchev–Trinajstić information content (AvgIpc) is 3.03. The van der Waals surface area contributed by atoms with Gasteiger partial charge in [0.25, 0.3) is 0 Å². The van der Waals surface area contributed by atoms with E-state index in [9.17, 15) is 8.42 Å². The van der Waals surface area contributed by atoms with Crippen molar-refractivity contribution in [2.75, 3.05) is 12.9 Å². The third kappa shape index (κ3) is 3.59. The summed E-state index contributed by atoms with van der Waals surface area (Å²) >= 11 is 0. The van der Waals surface area contributed by atoms with Gasteiger partial charge in [-0.15, -0.1) is 0 Å². The zero-order valence-electron chi connectivity index (χ0n) is 13.6. The topological polar surface area (TPSA) is 65.0 Å². The van der Waals surface area contributed by atoms with Gasteiger partial charge in [0.15, 0.2) is 9.84 Å². The number of benzene rings is 2. The molecule has 1 heterocycles. The summed E-state index contributed by atoms with van der Waals surface area (Å²) in [5, 5.41) is 4.05. The van der Waals surface area contributed by atoms with Crippen LogP contribution in [-0.4, -0.2) is 33.1 Å². The van der Waals surface area contributed by atoms with E-state index in [4.69, 9.17) is 9.57 Å². The molecule has 0 saturated carbocycles. The monoisotopic (exact) mass is 345 g/mol. The first-order chi connectivity index (χ1) is 11.5. The Morgan fingerprint density at radius 1 is 1.21 bits per heavy atom. The van der Waals surface area contributed by atoms with Gasteiger partial charge in [-0.2, -0.15) is 0 Å². The molecule has 2 aromatic carbocycles. The molecule has 0 radical (unpaired) electrons. The number of aryl methyl sites for hydroxylation is 1. The maximum atomic E-state index is 12.5. The van der Waals surface area contributed by atoms with Crippen molar-refractivity contribution in [2.45, 2.75) is 24.3 Å². The Labute approximate surface area is 141 Å². The summed E-state index contributed by atoms with van der Waals surface area (Å²) in [6, 6.07) is 14.3. The van der Waals surface area contributed by atoms with Crippen LogP contribution in [0.4, 0.5) is 0 Å². The molecule has 1 aliphatic rings. The number of rotatable bonds is 5. The van der Waals surface area contributed by atoms with Gasteiger partial charge in [-0.1, -0.05) is 35.0 Å². The Bertz CT molecular complexity index is 857. The van der Waals surface area contributed by atoms with Crippen LogP contribution in [0.15, 0.2) is 58.6 Å². The molecule has 3 rings (SSSR count). The van der Waals surface area contributed by atoms with Gasteiger partial charge in [0, 0.05) is 12.0 Å². The summed E-state index contributed by atoms with van der Waals surface area (Å²) in [4.78, 5) is 5.65. The van der Waals surface area contributed by atoms with Crippen LogP contribution in [0.2, 0.25) is 0 Å². The summed E-state index contributed by atoms with van der Waals surface area (Å²) in [5.74, 6) is 0.637. The SMILES string of the molecule is COc1cccc(C2=NOC(CS(=O)(=O)c3ccc(C)cc3)C2)c1. The fourth-order valence-corrected chi connectivity index (χ4v) is 3.99. The smallest absolute Gasteiger partial charge is 0.182 e. The maximum Gasteiger partial charge on any atom is 0.182 e. The number of sulfone groups is 1. The lowest BCUT2D eigenvalue weighted by atomic mass is 10.1. The molecule has 0 saturated heterocycles. The second kappa shape index (κ2) is 6.65. The lowest BCUT2D eigenvalue weighted by Crippen LogP contribution is -2.21.